The summed E-state index contributed by atoms with van der Waals surface area (Å²) in [5.41, 5.74) is 2.79. The number of carbonyl (C=O) groups is 1. The maximum absolute atomic E-state index is 14.6. The Labute approximate surface area is 268 Å². The average molecular weight is 632 g/mol. The lowest BCUT2D eigenvalue weighted by Gasteiger charge is -2.42. The van der Waals surface area contributed by atoms with E-state index in [1.807, 2.05) is 18.2 Å². The summed E-state index contributed by atoms with van der Waals surface area (Å²) in [6, 6.07) is 11.7. The van der Waals surface area contributed by atoms with Gasteiger partial charge in [0.05, 0.1) is 42.4 Å². The Bertz CT molecular complexity index is 1670. The van der Waals surface area contributed by atoms with E-state index in [-0.39, 0.29) is 28.8 Å². The summed E-state index contributed by atoms with van der Waals surface area (Å²) in [5, 5.41) is 11.2. The minimum absolute atomic E-state index is 0.0628. The van der Waals surface area contributed by atoms with E-state index in [2.05, 4.69) is 48.4 Å². The number of piperazine rings is 1. The number of amides is 1. The first-order valence-corrected chi connectivity index (χ1v) is 15.9. The van der Waals surface area contributed by atoms with Crippen LogP contribution in [0.15, 0.2) is 43.0 Å². The van der Waals surface area contributed by atoms with Crippen LogP contribution in [0, 0.1) is 22.6 Å². The normalized spacial score (nSPS) is 19.7. The molecule has 2 aliphatic heterocycles. The van der Waals surface area contributed by atoms with Gasteiger partial charge in [0.25, 0.3) is 0 Å². The molecule has 3 heterocycles. The van der Waals surface area contributed by atoms with Crippen molar-refractivity contribution in [3.05, 3.63) is 65.1 Å². The van der Waals surface area contributed by atoms with Gasteiger partial charge >= 0.3 is 6.01 Å². The van der Waals surface area contributed by atoms with E-state index in [9.17, 15) is 14.4 Å². The van der Waals surface area contributed by atoms with Crippen molar-refractivity contribution in [1.29, 1.82) is 5.26 Å². The maximum atomic E-state index is 14.6. The minimum Gasteiger partial charge on any atom is -0.463 e. The fourth-order valence-corrected chi connectivity index (χ4v) is 7.08. The second-order valence-electron chi connectivity index (χ2n) is 12.7. The standard InChI is InChI=1S/C34H39ClFN7O2/c1-5-29(44)43-18-17-42(19-24(43)11-15-37)32-25-12-16-41(28-8-6-7-23-9-10-26(36)31(35)30(23)28)20-27(25)38-33(39-32)45-21-34(13-14-34)22(2)40(3)4/h5-10,22,24H,1,11-14,16-21H2,2-4H3/t22-,24?/m0/s1. The molecule has 0 bridgehead atoms. The van der Waals surface area contributed by atoms with Gasteiger partial charge < -0.3 is 24.3 Å². The fraction of sp³-hybridized carbons (Fsp3) is 0.471. The summed E-state index contributed by atoms with van der Waals surface area (Å²) < 4.78 is 21.0. The highest BCUT2D eigenvalue weighted by Crippen LogP contribution is 2.50. The molecule has 3 aliphatic rings. The van der Waals surface area contributed by atoms with Gasteiger partial charge in [0.15, 0.2) is 0 Å². The number of halogens is 2. The van der Waals surface area contributed by atoms with E-state index in [1.165, 1.54) is 12.1 Å². The minimum atomic E-state index is -0.448. The lowest BCUT2D eigenvalue weighted by atomic mass is 9.98. The molecule has 2 aromatic carbocycles. The van der Waals surface area contributed by atoms with Crippen LogP contribution in [0.1, 0.15) is 37.4 Å². The molecule has 1 aromatic heterocycles. The number of rotatable bonds is 9. The van der Waals surface area contributed by atoms with Crippen molar-refractivity contribution in [2.45, 2.75) is 51.2 Å². The van der Waals surface area contributed by atoms with Gasteiger partial charge in [-0.1, -0.05) is 36.4 Å². The lowest BCUT2D eigenvalue weighted by molar-refractivity contribution is -0.128. The Kier molecular flexibility index (Phi) is 8.59. The van der Waals surface area contributed by atoms with E-state index < -0.39 is 5.82 Å². The van der Waals surface area contributed by atoms with Crippen molar-refractivity contribution < 1.29 is 13.9 Å². The molecule has 1 saturated carbocycles. The number of fused-ring (bicyclic) bond motifs is 2. The van der Waals surface area contributed by atoms with E-state index in [1.54, 1.807) is 11.0 Å². The van der Waals surface area contributed by atoms with E-state index in [4.69, 9.17) is 26.3 Å². The van der Waals surface area contributed by atoms with Crippen molar-refractivity contribution in [1.82, 2.24) is 19.8 Å². The summed E-state index contributed by atoms with van der Waals surface area (Å²) in [6.45, 7) is 9.02. The number of benzene rings is 2. The zero-order valence-electron chi connectivity index (χ0n) is 26.1. The molecule has 2 atom stereocenters. The lowest BCUT2D eigenvalue weighted by Crippen LogP contribution is -2.55. The molecule has 1 aliphatic carbocycles. The molecule has 0 N–H and O–H groups in total. The van der Waals surface area contributed by atoms with E-state index >= 15 is 0 Å². The van der Waals surface area contributed by atoms with Crippen molar-refractivity contribution in [2.75, 3.05) is 56.7 Å². The van der Waals surface area contributed by atoms with Crippen LogP contribution in [0.2, 0.25) is 5.02 Å². The van der Waals surface area contributed by atoms with Gasteiger partial charge in [0.1, 0.15) is 11.6 Å². The molecule has 0 spiro atoms. The number of hydrogen-bond donors (Lipinski definition) is 0. The smallest absolute Gasteiger partial charge is 0.318 e. The fourth-order valence-electron chi connectivity index (χ4n) is 6.81. The highest BCUT2D eigenvalue weighted by atomic mass is 35.5. The van der Waals surface area contributed by atoms with Gasteiger partial charge in [0, 0.05) is 54.3 Å². The predicted molar refractivity (Wildman–Crippen MR) is 174 cm³/mol. The van der Waals surface area contributed by atoms with Gasteiger partial charge in [-0.3, -0.25) is 4.79 Å². The summed E-state index contributed by atoms with van der Waals surface area (Å²) in [5.74, 6) is 0.168. The molecule has 3 aromatic rings. The first kappa shape index (κ1) is 31.1. The van der Waals surface area contributed by atoms with E-state index in [0.717, 1.165) is 41.0 Å². The van der Waals surface area contributed by atoms with Crippen LogP contribution in [-0.2, 0) is 17.8 Å². The second-order valence-corrected chi connectivity index (χ2v) is 13.0. The first-order valence-electron chi connectivity index (χ1n) is 15.5. The molecule has 11 heteroatoms. The van der Waals surface area contributed by atoms with Gasteiger partial charge in [-0.15, -0.1) is 0 Å². The Morgan fingerprint density at radius 2 is 2.04 bits per heavy atom. The third-order valence-electron chi connectivity index (χ3n) is 9.89. The predicted octanol–water partition coefficient (Wildman–Crippen LogP) is 5.21. The van der Waals surface area contributed by atoms with Gasteiger partial charge in [-0.05, 0) is 63.9 Å². The molecule has 1 amide bonds. The van der Waals surface area contributed by atoms with Crippen molar-refractivity contribution in [3.63, 3.8) is 0 Å². The number of aromatic nitrogens is 2. The molecule has 1 saturated heterocycles. The molecule has 236 valence electrons. The van der Waals surface area contributed by atoms with Crippen LogP contribution in [-0.4, -0.2) is 84.6 Å². The summed E-state index contributed by atoms with van der Waals surface area (Å²) in [7, 11) is 4.18. The Morgan fingerprint density at radius 1 is 1.24 bits per heavy atom. The zero-order valence-corrected chi connectivity index (χ0v) is 26.9. The molecule has 2 fully saturated rings. The molecule has 45 heavy (non-hydrogen) atoms. The van der Waals surface area contributed by atoms with Crippen molar-refractivity contribution >= 4 is 39.8 Å². The second kappa shape index (κ2) is 12.5. The third-order valence-corrected chi connectivity index (χ3v) is 10.3. The largest absolute Gasteiger partial charge is 0.463 e. The molecule has 9 nitrogen and oxygen atoms in total. The Hall–Kier alpha value is -3.94. The maximum Gasteiger partial charge on any atom is 0.318 e. The van der Waals surface area contributed by atoms with Crippen LogP contribution < -0.4 is 14.5 Å². The third kappa shape index (κ3) is 5.91. The molecule has 0 radical (unpaired) electrons. The van der Waals surface area contributed by atoms with Crippen LogP contribution in [0.25, 0.3) is 10.8 Å². The summed E-state index contributed by atoms with van der Waals surface area (Å²) in [6.07, 6.45) is 4.35. The average Bonchev–Trinajstić information content (AvgIpc) is 3.85. The van der Waals surface area contributed by atoms with Gasteiger partial charge in [0.2, 0.25) is 5.91 Å². The van der Waals surface area contributed by atoms with Crippen LogP contribution >= 0.6 is 11.6 Å². The molecule has 1 unspecified atom stereocenters. The number of nitriles is 1. The monoisotopic (exact) mass is 631 g/mol. The number of nitrogens with zero attached hydrogens (tertiary/aromatic N) is 7. The van der Waals surface area contributed by atoms with Crippen LogP contribution in [0.5, 0.6) is 6.01 Å². The number of ether oxygens (including phenoxy) is 1. The molecular formula is C34H39ClFN7O2. The Morgan fingerprint density at radius 3 is 2.76 bits per heavy atom. The number of hydrogen-bond acceptors (Lipinski definition) is 8. The van der Waals surface area contributed by atoms with Gasteiger partial charge in [-0.25, -0.2) is 4.39 Å². The first-order chi connectivity index (χ1) is 21.7. The molecule has 6 rings (SSSR count). The van der Waals surface area contributed by atoms with Crippen LogP contribution in [0.3, 0.4) is 0 Å². The highest BCUT2D eigenvalue weighted by Gasteiger charge is 2.49. The van der Waals surface area contributed by atoms with Gasteiger partial charge in [-0.2, -0.15) is 15.2 Å². The van der Waals surface area contributed by atoms with Crippen LogP contribution in [0.4, 0.5) is 15.9 Å². The Balaban J connectivity index is 1.36. The van der Waals surface area contributed by atoms with Crippen molar-refractivity contribution in [2.24, 2.45) is 5.41 Å². The highest BCUT2D eigenvalue weighted by molar-refractivity contribution is 6.36. The number of carbonyl (C=O) groups excluding carboxylic acids is 1. The summed E-state index contributed by atoms with van der Waals surface area (Å²) in [4.78, 5) is 30.8. The quantitative estimate of drug-likeness (QED) is 0.298. The molecular weight excluding hydrogens is 593 g/mol. The number of anilines is 2. The summed E-state index contributed by atoms with van der Waals surface area (Å²) >= 11 is 6.51. The SMILES string of the molecule is C=CC(=O)N1CCN(c2nc(OCC3([C@H](C)N(C)C)CC3)nc3c2CCN(c2cccc4ccc(F)c(Cl)c24)C3)CC1CC#N. The van der Waals surface area contributed by atoms with E-state index in [0.29, 0.717) is 63.2 Å². The zero-order chi connectivity index (χ0) is 31.9. The van der Waals surface area contributed by atoms with Crippen molar-refractivity contribution in [3.8, 4) is 12.1 Å². The topological polar surface area (TPSA) is 88.8 Å².